The van der Waals surface area contributed by atoms with E-state index in [1.165, 1.54) is 0 Å². The van der Waals surface area contributed by atoms with Gasteiger partial charge in [-0.1, -0.05) is 13.8 Å². The van der Waals surface area contributed by atoms with Crippen molar-refractivity contribution in [2.45, 2.75) is 45.2 Å². The maximum atomic E-state index is 11.0. The van der Waals surface area contributed by atoms with Gasteiger partial charge in [-0.25, -0.2) is 0 Å². The summed E-state index contributed by atoms with van der Waals surface area (Å²) in [5, 5.41) is 2.93. The van der Waals surface area contributed by atoms with Gasteiger partial charge >= 0.3 is 0 Å². The highest BCUT2D eigenvalue weighted by molar-refractivity contribution is 5.77. The van der Waals surface area contributed by atoms with E-state index in [4.69, 9.17) is 5.73 Å². The average Bonchev–Trinajstić information content (AvgIpc) is 2.03. The van der Waals surface area contributed by atoms with Crippen molar-refractivity contribution in [3.8, 4) is 0 Å². The molecule has 0 aromatic heterocycles. The van der Waals surface area contributed by atoms with E-state index < -0.39 is 0 Å². The summed E-state index contributed by atoms with van der Waals surface area (Å²) in [6.07, 6.45) is 2.68. The number of piperidine rings is 1. The molecular formula is C9H18N2O. The highest BCUT2D eigenvalue weighted by Crippen LogP contribution is 2.14. The fourth-order valence-corrected chi connectivity index (χ4v) is 1.59. The van der Waals surface area contributed by atoms with Gasteiger partial charge in [-0.2, -0.15) is 0 Å². The Morgan fingerprint density at radius 1 is 1.58 bits per heavy atom. The summed E-state index contributed by atoms with van der Waals surface area (Å²) in [5.41, 5.74) is 5.94. The van der Waals surface area contributed by atoms with Crippen LogP contribution in [-0.2, 0) is 4.79 Å². The van der Waals surface area contributed by atoms with Crippen LogP contribution in [0.3, 0.4) is 0 Å². The summed E-state index contributed by atoms with van der Waals surface area (Å²) < 4.78 is 0. The van der Waals surface area contributed by atoms with Crippen LogP contribution >= 0.6 is 0 Å². The lowest BCUT2D eigenvalue weighted by Crippen LogP contribution is -2.52. The molecule has 1 heterocycles. The largest absolute Gasteiger partial charge is 0.352 e. The van der Waals surface area contributed by atoms with Gasteiger partial charge in [0.1, 0.15) is 0 Å². The van der Waals surface area contributed by atoms with Gasteiger partial charge in [-0.05, 0) is 18.8 Å². The Hall–Kier alpha value is -0.570. The Morgan fingerprint density at radius 2 is 2.25 bits per heavy atom. The first-order chi connectivity index (χ1) is 5.61. The van der Waals surface area contributed by atoms with Gasteiger partial charge in [0.25, 0.3) is 0 Å². The molecule has 2 unspecified atom stereocenters. The molecule has 3 nitrogen and oxygen atoms in total. The molecule has 1 saturated heterocycles. The SMILES string of the molecule is CC(C)C(N)C1CCCC(=O)N1. The van der Waals surface area contributed by atoms with Crippen LogP contribution in [0.15, 0.2) is 0 Å². The molecule has 3 heteroatoms. The summed E-state index contributed by atoms with van der Waals surface area (Å²) in [4.78, 5) is 11.0. The zero-order valence-corrected chi connectivity index (χ0v) is 7.84. The van der Waals surface area contributed by atoms with Gasteiger partial charge in [0.05, 0.1) is 0 Å². The van der Waals surface area contributed by atoms with E-state index in [1.807, 2.05) is 0 Å². The predicted molar refractivity (Wildman–Crippen MR) is 48.6 cm³/mol. The van der Waals surface area contributed by atoms with Gasteiger partial charge < -0.3 is 11.1 Å². The van der Waals surface area contributed by atoms with Crippen molar-refractivity contribution < 1.29 is 4.79 Å². The van der Waals surface area contributed by atoms with Crippen molar-refractivity contribution in [2.75, 3.05) is 0 Å². The summed E-state index contributed by atoms with van der Waals surface area (Å²) in [5.74, 6) is 0.593. The lowest BCUT2D eigenvalue weighted by atomic mass is 9.91. The Labute approximate surface area is 73.7 Å². The van der Waals surface area contributed by atoms with Gasteiger partial charge in [0.15, 0.2) is 0 Å². The summed E-state index contributed by atoms with van der Waals surface area (Å²) in [7, 11) is 0. The molecule has 1 fully saturated rings. The van der Waals surface area contributed by atoms with E-state index in [0.717, 1.165) is 12.8 Å². The molecule has 12 heavy (non-hydrogen) atoms. The number of nitrogens with two attached hydrogens (primary N) is 1. The maximum absolute atomic E-state index is 11.0. The normalized spacial score (nSPS) is 27.0. The van der Waals surface area contributed by atoms with Crippen LogP contribution in [0.4, 0.5) is 0 Å². The zero-order chi connectivity index (χ0) is 9.14. The molecule has 1 aliphatic heterocycles. The second kappa shape index (κ2) is 3.90. The summed E-state index contributed by atoms with van der Waals surface area (Å²) >= 11 is 0. The van der Waals surface area contributed by atoms with Crippen LogP contribution < -0.4 is 11.1 Å². The predicted octanol–water partition coefficient (Wildman–Crippen LogP) is 0.638. The molecule has 0 aromatic rings. The van der Waals surface area contributed by atoms with Gasteiger partial charge in [-0.3, -0.25) is 4.79 Å². The zero-order valence-electron chi connectivity index (χ0n) is 7.84. The van der Waals surface area contributed by atoms with E-state index in [-0.39, 0.29) is 18.0 Å². The molecule has 1 aliphatic rings. The first kappa shape index (κ1) is 9.52. The van der Waals surface area contributed by atoms with Crippen LogP contribution in [0.25, 0.3) is 0 Å². The number of amides is 1. The second-order valence-corrected chi connectivity index (χ2v) is 3.89. The van der Waals surface area contributed by atoms with Crippen LogP contribution in [-0.4, -0.2) is 18.0 Å². The molecule has 0 aliphatic carbocycles. The summed E-state index contributed by atoms with van der Waals surface area (Å²) in [6, 6.07) is 0.306. The Morgan fingerprint density at radius 3 is 2.75 bits per heavy atom. The molecule has 70 valence electrons. The van der Waals surface area contributed by atoms with Crippen molar-refractivity contribution in [3.63, 3.8) is 0 Å². The average molecular weight is 170 g/mol. The van der Waals surface area contributed by atoms with Gasteiger partial charge in [0.2, 0.25) is 5.91 Å². The van der Waals surface area contributed by atoms with Crippen LogP contribution in [0.1, 0.15) is 33.1 Å². The third-order valence-corrected chi connectivity index (χ3v) is 2.50. The topological polar surface area (TPSA) is 55.1 Å². The van der Waals surface area contributed by atoms with E-state index in [1.54, 1.807) is 0 Å². The number of nitrogens with one attached hydrogen (secondary N) is 1. The van der Waals surface area contributed by atoms with E-state index in [0.29, 0.717) is 12.3 Å². The minimum atomic E-state index is 0.106. The molecule has 1 amide bonds. The number of carbonyl (C=O) groups is 1. The van der Waals surface area contributed by atoms with Gasteiger partial charge in [-0.15, -0.1) is 0 Å². The molecule has 0 aromatic carbocycles. The van der Waals surface area contributed by atoms with Crippen molar-refractivity contribution in [2.24, 2.45) is 11.7 Å². The highest BCUT2D eigenvalue weighted by atomic mass is 16.1. The number of hydrogen-bond acceptors (Lipinski definition) is 2. The number of rotatable bonds is 2. The van der Waals surface area contributed by atoms with Crippen LogP contribution in [0, 0.1) is 5.92 Å². The lowest BCUT2D eigenvalue weighted by molar-refractivity contribution is -0.123. The Kier molecular flexibility index (Phi) is 3.09. The minimum absolute atomic E-state index is 0.106. The van der Waals surface area contributed by atoms with Gasteiger partial charge in [0, 0.05) is 18.5 Å². The molecule has 0 saturated carbocycles. The second-order valence-electron chi connectivity index (χ2n) is 3.89. The molecule has 1 rings (SSSR count). The van der Waals surface area contributed by atoms with Crippen molar-refractivity contribution >= 4 is 5.91 Å². The van der Waals surface area contributed by atoms with E-state index in [2.05, 4.69) is 19.2 Å². The number of carbonyl (C=O) groups excluding carboxylic acids is 1. The molecule has 3 N–H and O–H groups in total. The van der Waals surface area contributed by atoms with Crippen molar-refractivity contribution in [3.05, 3.63) is 0 Å². The quantitative estimate of drug-likeness (QED) is 0.639. The third kappa shape index (κ3) is 2.21. The lowest BCUT2D eigenvalue weighted by Gasteiger charge is -2.30. The van der Waals surface area contributed by atoms with Crippen molar-refractivity contribution in [1.82, 2.24) is 5.32 Å². The maximum Gasteiger partial charge on any atom is 0.220 e. The van der Waals surface area contributed by atoms with Crippen LogP contribution in [0.5, 0.6) is 0 Å². The van der Waals surface area contributed by atoms with E-state index >= 15 is 0 Å². The molecule has 0 spiro atoms. The highest BCUT2D eigenvalue weighted by Gasteiger charge is 2.25. The van der Waals surface area contributed by atoms with Crippen LogP contribution in [0.2, 0.25) is 0 Å². The first-order valence-electron chi connectivity index (χ1n) is 4.66. The molecule has 0 radical (unpaired) electrons. The van der Waals surface area contributed by atoms with E-state index in [9.17, 15) is 4.79 Å². The van der Waals surface area contributed by atoms with Crippen molar-refractivity contribution in [1.29, 1.82) is 0 Å². The fraction of sp³-hybridized carbons (Fsp3) is 0.889. The molecule has 2 atom stereocenters. The first-order valence-corrected chi connectivity index (χ1v) is 4.66. The fourth-order valence-electron chi connectivity index (χ4n) is 1.59. The minimum Gasteiger partial charge on any atom is -0.352 e. The molecule has 0 bridgehead atoms. The third-order valence-electron chi connectivity index (χ3n) is 2.50. The summed E-state index contributed by atoms with van der Waals surface area (Å²) in [6.45, 7) is 4.18. The Balaban J connectivity index is 2.45. The monoisotopic (exact) mass is 170 g/mol. The smallest absolute Gasteiger partial charge is 0.220 e. The molecular weight excluding hydrogens is 152 g/mol. The Bertz CT molecular complexity index is 168. The number of hydrogen-bond donors (Lipinski definition) is 2. The standard InChI is InChI=1S/C9H18N2O/c1-6(2)9(10)7-4-3-5-8(12)11-7/h6-7,9H,3-5,10H2,1-2H3,(H,11,12).